The molecule has 1 aromatic heterocycles. The van der Waals surface area contributed by atoms with Crippen molar-refractivity contribution in [2.24, 2.45) is 0 Å². The minimum atomic E-state index is -0.401. The summed E-state index contributed by atoms with van der Waals surface area (Å²) in [6.45, 7) is 2.74. The van der Waals surface area contributed by atoms with Gasteiger partial charge in [0.15, 0.2) is 0 Å². The third-order valence-electron chi connectivity index (χ3n) is 3.75. The number of nitrogens with zero attached hydrogens (tertiary/aromatic N) is 3. The summed E-state index contributed by atoms with van der Waals surface area (Å²) in [5.74, 6) is -0.539. The lowest BCUT2D eigenvalue weighted by Crippen LogP contribution is -2.48. The Hall–Kier alpha value is -1.95. The molecule has 4 nitrogen and oxygen atoms in total. The number of amides is 1. The molecule has 2 aromatic rings. The third kappa shape index (κ3) is 3.11. The van der Waals surface area contributed by atoms with Gasteiger partial charge in [0, 0.05) is 48.7 Å². The Morgan fingerprint density at radius 1 is 1.09 bits per heavy atom. The van der Waals surface area contributed by atoms with Gasteiger partial charge in [-0.3, -0.25) is 9.78 Å². The average molecular weight is 364 g/mol. The summed E-state index contributed by atoms with van der Waals surface area (Å²) in [7, 11) is 0. The van der Waals surface area contributed by atoms with Crippen LogP contribution in [-0.4, -0.2) is 42.0 Å². The first-order chi connectivity index (χ1) is 10.6. The van der Waals surface area contributed by atoms with E-state index < -0.39 is 5.82 Å². The van der Waals surface area contributed by atoms with E-state index in [-0.39, 0.29) is 5.91 Å². The Morgan fingerprint density at radius 3 is 2.45 bits per heavy atom. The van der Waals surface area contributed by atoms with Gasteiger partial charge in [-0.15, -0.1) is 0 Å². The molecule has 22 heavy (non-hydrogen) atoms. The van der Waals surface area contributed by atoms with Crippen LogP contribution in [0.3, 0.4) is 0 Å². The highest BCUT2D eigenvalue weighted by molar-refractivity contribution is 9.10. The molecule has 0 bridgehead atoms. The molecule has 1 aromatic carbocycles. The smallest absolute Gasteiger partial charge is 0.255 e. The first-order valence-electron chi connectivity index (χ1n) is 7.04. The monoisotopic (exact) mass is 363 g/mol. The number of rotatable bonds is 2. The van der Waals surface area contributed by atoms with Gasteiger partial charge in [-0.25, -0.2) is 4.39 Å². The molecule has 1 aliphatic heterocycles. The number of carbonyl (C=O) groups excluding carboxylic acids is 1. The van der Waals surface area contributed by atoms with Gasteiger partial charge in [0.2, 0.25) is 0 Å². The fourth-order valence-corrected chi connectivity index (χ4v) is 2.97. The molecule has 114 valence electrons. The summed E-state index contributed by atoms with van der Waals surface area (Å²) in [6.07, 6.45) is 3.52. The standard InChI is InChI=1S/C16H15BrFN3O/c17-15-2-1-12(18)11-14(15)16(22)21-9-7-20(8-10-21)13-3-5-19-6-4-13/h1-6,11H,7-10H2. The Morgan fingerprint density at radius 2 is 1.77 bits per heavy atom. The second-order valence-corrected chi connectivity index (χ2v) is 5.96. The van der Waals surface area contributed by atoms with Gasteiger partial charge in [-0.05, 0) is 46.3 Å². The van der Waals surface area contributed by atoms with Crippen LogP contribution in [0.4, 0.5) is 10.1 Å². The van der Waals surface area contributed by atoms with Gasteiger partial charge in [0.1, 0.15) is 5.82 Å². The largest absolute Gasteiger partial charge is 0.368 e. The number of pyridine rings is 1. The van der Waals surface area contributed by atoms with Crippen molar-refractivity contribution in [1.29, 1.82) is 0 Å². The summed E-state index contributed by atoms with van der Waals surface area (Å²) in [6, 6.07) is 8.10. The molecule has 3 rings (SSSR count). The molecule has 0 saturated carbocycles. The summed E-state index contributed by atoms with van der Waals surface area (Å²) in [4.78, 5) is 20.5. The van der Waals surface area contributed by atoms with Crippen LogP contribution in [0.25, 0.3) is 0 Å². The number of carbonyl (C=O) groups is 1. The highest BCUT2D eigenvalue weighted by atomic mass is 79.9. The number of benzene rings is 1. The SMILES string of the molecule is O=C(c1cc(F)ccc1Br)N1CCN(c2ccncc2)CC1. The number of aromatic nitrogens is 1. The fourth-order valence-electron chi connectivity index (χ4n) is 2.55. The van der Waals surface area contributed by atoms with Gasteiger partial charge in [0.05, 0.1) is 5.56 Å². The van der Waals surface area contributed by atoms with E-state index >= 15 is 0 Å². The lowest BCUT2D eigenvalue weighted by molar-refractivity contribution is 0.0745. The van der Waals surface area contributed by atoms with Crippen molar-refractivity contribution in [3.8, 4) is 0 Å². The van der Waals surface area contributed by atoms with Gasteiger partial charge in [-0.1, -0.05) is 0 Å². The zero-order valence-corrected chi connectivity index (χ0v) is 13.5. The summed E-state index contributed by atoms with van der Waals surface area (Å²) >= 11 is 3.31. The lowest BCUT2D eigenvalue weighted by atomic mass is 10.1. The van der Waals surface area contributed by atoms with Crippen LogP contribution in [0.15, 0.2) is 47.2 Å². The number of piperazine rings is 1. The highest BCUT2D eigenvalue weighted by Crippen LogP contribution is 2.21. The van der Waals surface area contributed by atoms with E-state index in [9.17, 15) is 9.18 Å². The Kier molecular flexibility index (Phi) is 4.38. The molecule has 0 N–H and O–H groups in total. The first kappa shape index (κ1) is 15.0. The average Bonchev–Trinajstić information content (AvgIpc) is 2.57. The van der Waals surface area contributed by atoms with Crippen LogP contribution in [0.2, 0.25) is 0 Å². The second-order valence-electron chi connectivity index (χ2n) is 5.11. The van der Waals surface area contributed by atoms with Gasteiger partial charge in [-0.2, -0.15) is 0 Å². The minimum absolute atomic E-state index is 0.138. The van der Waals surface area contributed by atoms with Crippen LogP contribution in [0.1, 0.15) is 10.4 Å². The second kappa shape index (κ2) is 6.44. The quantitative estimate of drug-likeness (QED) is 0.822. The van der Waals surface area contributed by atoms with Gasteiger partial charge >= 0.3 is 0 Å². The van der Waals surface area contributed by atoms with E-state index in [1.54, 1.807) is 23.4 Å². The number of hydrogen-bond donors (Lipinski definition) is 0. The van der Waals surface area contributed by atoms with Crippen molar-refractivity contribution in [2.75, 3.05) is 31.1 Å². The van der Waals surface area contributed by atoms with Crippen LogP contribution >= 0.6 is 15.9 Å². The molecule has 1 fully saturated rings. The Balaban J connectivity index is 1.68. The number of halogens is 2. The highest BCUT2D eigenvalue weighted by Gasteiger charge is 2.23. The zero-order valence-electron chi connectivity index (χ0n) is 11.9. The Labute approximate surface area is 136 Å². The normalized spacial score (nSPS) is 15.0. The van der Waals surface area contributed by atoms with Crippen molar-refractivity contribution < 1.29 is 9.18 Å². The number of hydrogen-bond acceptors (Lipinski definition) is 3. The zero-order chi connectivity index (χ0) is 15.5. The maximum atomic E-state index is 13.4. The molecule has 1 aliphatic rings. The van der Waals surface area contributed by atoms with Crippen LogP contribution in [0, 0.1) is 5.82 Å². The molecule has 6 heteroatoms. The third-order valence-corrected chi connectivity index (χ3v) is 4.45. The van der Waals surface area contributed by atoms with E-state index in [4.69, 9.17) is 0 Å². The Bertz CT molecular complexity index is 672. The number of anilines is 1. The molecular formula is C16H15BrFN3O. The van der Waals surface area contributed by atoms with E-state index in [0.717, 1.165) is 18.8 Å². The van der Waals surface area contributed by atoms with Crippen molar-refractivity contribution in [3.63, 3.8) is 0 Å². The van der Waals surface area contributed by atoms with Crippen molar-refractivity contribution in [3.05, 3.63) is 58.6 Å². The van der Waals surface area contributed by atoms with E-state index in [0.29, 0.717) is 23.1 Å². The molecule has 0 aliphatic carbocycles. The molecule has 1 amide bonds. The van der Waals surface area contributed by atoms with Gasteiger partial charge in [0.25, 0.3) is 5.91 Å². The van der Waals surface area contributed by atoms with Crippen LogP contribution < -0.4 is 4.90 Å². The fraction of sp³-hybridized carbons (Fsp3) is 0.250. The molecule has 0 spiro atoms. The van der Waals surface area contributed by atoms with Crippen LogP contribution in [0.5, 0.6) is 0 Å². The van der Waals surface area contributed by atoms with E-state index in [1.807, 2.05) is 12.1 Å². The van der Waals surface area contributed by atoms with Crippen molar-refractivity contribution in [1.82, 2.24) is 9.88 Å². The molecule has 0 radical (unpaired) electrons. The molecule has 0 atom stereocenters. The maximum absolute atomic E-state index is 13.4. The molecule has 0 unspecified atom stereocenters. The van der Waals surface area contributed by atoms with Crippen molar-refractivity contribution >= 4 is 27.5 Å². The summed E-state index contributed by atoms with van der Waals surface area (Å²) < 4.78 is 14.0. The van der Waals surface area contributed by atoms with Crippen LogP contribution in [-0.2, 0) is 0 Å². The minimum Gasteiger partial charge on any atom is -0.368 e. The van der Waals surface area contributed by atoms with Gasteiger partial charge < -0.3 is 9.80 Å². The summed E-state index contributed by atoms with van der Waals surface area (Å²) in [5.41, 5.74) is 1.48. The maximum Gasteiger partial charge on any atom is 0.255 e. The molecular weight excluding hydrogens is 349 g/mol. The predicted octanol–water partition coefficient (Wildman–Crippen LogP) is 2.95. The summed E-state index contributed by atoms with van der Waals surface area (Å²) in [5, 5.41) is 0. The van der Waals surface area contributed by atoms with E-state index in [2.05, 4.69) is 25.8 Å². The van der Waals surface area contributed by atoms with Crippen molar-refractivity contribution in [2.45, 2.75) is 0 Å². The van der Waals surface area contributed by atoms with E-state index in [1.165, 1.54) is 12.1 Å². The topological polar surface area (TPSA) is 36.4 Å². The molecule has 2 heterocycles. The lowest BCUT2D eigenvalue weighted by Gasteiger charge is -2.36. The molecule has 1 saturated heterocycles. The predicted molar refractivity (Wildman–Crippen MR) is 86.5 cm³/mol. The first-order valence-corrected chi connectivity index (χ1v) is 7.84.